The molecule has 59 heavy (non-hydrogen) atoms. The smallest absolute Gasteiger partial charge is 0.744 e. The van der Waals surface area contributed by atoms with E-state index >= 15 is 0 Å². The number of nitrogens with two attached hydrogens (primary N) is 2. The van der Waals surface area contributed by atoms with E-state index in [1.807, 2.05) is 0 Å². The molecule has 0 radical (unpaired) electrons. The van der Waals surface area contributed by atoms with E-state index < -0.39 is 25.0 Å². The van der Waals surface area contributed by atoms with E-state index in [9.17, 15) is 26.6 Å². The van der Waals surface area contributed by atoms with Gasteiger partial charge in [-0.05, 0) is 70.1 Å². The largest absolute Gasteiger partial charge is 1.00 e. The molecule has 0 spiro atoms. The summed E-state index contributed by atoms with van der Waals surface area (Å²) in [6.07, 6.45) is 0. The minimum Gasteiger partial charge on any atom is -0.744 e. The fourth-order valence-corrected chi connectivity index (χ4v) is 7.97. The molecular formula is C32H16N10Na2O10S4Zn-2. The molecule has 284 valence electrons. The summed E-state index contributed by atoms with van der Waals surface area (Å²) in [5.41, 5.74) is 1.71. The maximum absolute atomic E-state index is 12.4. The number of fused-ring (bicyclic) bond motifs is 20. The fourth-order valence-electron chi connectivity index (χ4n) is 6.13. The number of benzene rings is 4. The Bertz CT molecular complexity index is 3240. The maximum atomic E-state index is 12.4. The van der Waals surface area contributed by atoms with Crippen molar-refractivity contribution in [2.75, 3.05) is 0 Å². The Hall–Kier alpha value is -2.86. The van der Waals surface area contributed by atoms with Crippen LogP contribution in [0.2, 0.25) is 0 Å². The zero-order valence-electron chi connectivity index (χ0n) is 30.1. The van der Waals surface area contributed by atoms with Crippen LogP contribution in [0.3, 0.4) is 0 Å². The molecule has 8 bridgehead atoms. The van der Waals surface area contributed by atoms with Gasteiger partial charge < -0.3 is 39.7 Å². The summed E-state index contributed by atoms with van der Waals surface area (Å²) in [5, 5.41) is 21.0. The third-order valence-electron chi connectivity index (χ3n) is 8.53. The quantitative estimate of drug-likeness (QED) is 0.0497. The number of aromatic nitrogens is 8. The zero-order valence-corrected chi connectivity index (χ0v) is 40.3. The molecule has 20 nitrogen and oxygen atoms in total. The first-order chi connectivity index (χ1) is 26.9. The van der Waals surface area contributed by atoms with Gasteiger partial charge in [0.2, 0.25) is 10.0 Å². The van der Waals surface area contributed by atoms with Gasteiger partial charge in [0.05, 0.1) is 57.2 Å². The van der Waals surface area contributed by atoms with Crippen LogP contribution >= 0.6 is 24.1 Å². The van der Waals surface area contributed by atoms with E-state index in [-0.39, 0.29) is 146 Å². The van der Waals surface area contributed by atoms with Crippen LogP contribution in [0.5, 0.6) is 0 Å². The van der Waals surface area contributed by atoms with Crippen molar-refractivity contribution in [3.05, 3.63) is 72.8 Å². The minimum atomic E-state index is -4.93. The van der Waals surface area contributed by atoms with Gasteiger partial charge in [0.15, 0.2) is 0 Å². The normalized spacial score (nSPS) is 12.0. The molecule has 0 fully saturated rings. The third kappa shape index (κ3) is 8.79. The van der Waals surface area contributed by atoms with Gasteiger partial charge in [-0.25, -0.2) is 31.9 Å². The first kappa shape index (κ1) is 45.7. The topological polar surface area (TPSA) is 309 Å². The van der Waals surface area contributed by atoms with Gasteiger partial charge in [0.1, 0.15) is 10.1 Å². The van der Waals surface area contributed by atoms with Gasteiger partial charge in [-0.3, -0.25) is 5.04 Å². The summed E-state index contributed by atoms with van der Waals surface area (Å²) >= 11 is 1.45. The standard InChI is InChI=1S/C32H18N10O10S4.2Na.Zn/c33-49-51-53-13-1-5-17-21(9-13)29-36-25(17)35-27-19-7-3-15(55(34,44)45)11-23(19)31(39-27)40-28-20-8-4-16(56(46,47)48)12-24(20)32(41-28)42-30-22-10-14(54-52-50-43)2-6-18(22)26(37-29)38-30;;;/h1-12H,33H2,(H4-2,34,35,36,37,38,39,40,41,42,43,44,45,46,47,48);;;/q-2;2*+1;/p-2. The molecular weight excluding hydrogens is 924 g/mol. The summed E-state index contributed by atoms with van der Waals surface area (Å²) in [5.74, 6) is 5.32. The average Bonchev–Trinajstić information content (AvgIpc) is 3.90. The van der Waals surface area contributed by atoms with Crippen LogP contribution in [-0.2, 0) is 58.3 Å². The second-order valence-corrected chi connectivity index (χ2v) is 16.3. The van der Waals surface area contributed by atoms with Gasteiger partial charge in [0, 0.05) is 74.1 Å². The molecule has 2 aliphatic heterocycles. The van der Waals surface area contributed by atoms with Crippen molar-refractivity contribution in [1.29, 1.82) is 0 Å². The van der Waals surface area contributed by atoms with Crippen LogP contribution in [0.15, 0.2) is 92.4 Å². The van der Waals surface area contributed by atoms with Crippen LogP contribution < -0.4 is 85.4 Å². The van der Waals surface area contributed by atoms with E-state index in [2.05, 4.69) is 29.3 Å². The van der Waals surface area contributed by atoms with Crippen LogP contribution in [-0.4, -0.2) is 51.3 Å². The molecule has 2 aliphatic rings. The van der Waals surface area contributed by atoms with Crippen molar-refractivity contribution in [3.63, 3.8) is 0 Å². The molecule has 0 amide bonds. The molecule has 3 aromatic heterocycles. The van der Waals surface area contributed by atoms with E-state index in [1.165, 1.54) is 24.3 Å². The summed E-state index contributed by atoms with van der Waals surface area (Å²) in [4.78, 5) is 42.2. The van der Waals surface area contributed by atoms with Crippen molar-refractivity contribution in [1.82, 2.24) is 39.9 Å². The second-order valence-electron chi connectivity index (χ2n) is 11.8. The minimum absolute atomic E-state index is 0. The molecule has 0 saturated carbocycles. The SMILES string of the molecule is NOOSc1ccc2c3nc4nc(nc5[n-]c(nc6nc(nc([n-]3)c2c1)-c1ccc(SOO[O-])cc1-6)c1cc(S(=O)(=O)[O-])ccc51)-c1cc(S(N)(=O)=O)ccc1-4.[Na+].[Na+].[Zn]. The molecule has 4 aromatic carbocycles. The Morgan fingerprint density at radius 2 is 1.02 bits per heavy atom. The van der Waals surface area contributed by atoms with Crippen molar-refractivity contribution in [2.45, 2.75) is 19.6 Å². The number of hydrogen-bond acceptors (Lipinski definition) is 19. The molecule has 0 aliphatic carbocycles. The second kappa shape index (κ2) is 17.9. The Balaban J connectivity index is 0.00000195. The van der Waals surface area contributed by atoms with Crippen LogP contribution in [0, 0.1) is 0 Å². The van der Waals surface area contributed by atoms with Crippen molar-refractivity contribution in [2.24, 2.45) is 11.0 Å². The number of hydrogen-bond donors (Lipinski definition) is 2. The van der Waals surface area contributed by atoms with Gasteiger partial charge in [0.25, 0.3) is 0 Å². The zero-order chi connectivity index (χ0) is 38.9. The summed E-state index contributed by atoms with van der Waals surface area (Å²) in [6, 6.07) is 17.7. The van der Waals surface area contributed by atoms with Crippen LogP contribution in [0.1, 0.15) is 0 Å². The Kier molecular flexibility index (Phi) is 13.8. The molecule has 9 rings (SSSR count). The monoisotopic (exact) mass is 938 g/mol. The summed E-state index contributed by atoms with van der Waals surface area (Å²) in [7, 11) is -9.11. The van der Waals surface area contributed by atoms with Crippen LogP contribution in [0.25, 0.3) is 89.7 Å². The van der Waals surface area contributed by atoms with Gasteiger partial charge in [-0.15, -0.1) is 9.32 Å². The Labute approximate surface area is 397 Å². The summed E-state index contributed by atoms with van der Waals surface area (Å²) in [6.45, 7) is 0. The molecule has 0 atom stereocenters. The third-order valence-corrected chi connectivity index (χ3v) is 11.4. The first-order valence-electron chi connectivity index (χ1n) is 15.5. The number of sulfonamides is 1. The number of primary sulfonamides is 1. The van der Waals surface area contributed by atoms with Gasteiger partial charge in [-0.2, -0.15) is 10.2 Å². The first-order valence-corrected chi connectivity index (χ1v) is 19.9. The number of nitrogens with zero attached hydrogens (tertiary/aromatic N) is 8. The van der Waals surface area contributed by atoms with Gasteiger partial charge >= 0.3 is 59.1 Å². The Morgan fingerprint density at radius 3 is 1.58 bits per heavy atom. The fraction of sp³-hybridized carbons (Fsp3) is 0. The van der Waals surface area contributed by atoms with Crippen molar-refractivity contribution >= 4 is 88.4 Å². The van der Waals surface area contributed by atoms with E-state index in [0.717, 1.165) is 24.2 Å². The van der Waals surface area contributed by atoms with Crippen molar-refractivity contribution < 1.29 is 124 Å². The van der Waals surface area contributed by atoms with Crippen LogP contribution in [0.4, 0.5) is 0 Å². The van der Waals surface area contributed by atoms with E-state index in [4.69, 9.17) is 40.3 Å². The predicted octanol–water partition coefficient (Wildman–Crippen LogP) is -3.26. The molecule has 0 unspecified atom stereocenters. The number of rotatable bonds is 8. The van der Waals surface area contributed by atoms with Gasteiger partial charge in [-0.1, -0.05) is 24.3 Å². The molecule has 0 saturated heterocycles. The predicted molar refractivity (Wildman–Crippen MR) is 194 cm³/mol. The molecule has 7 aromatic rings. The molecule has 5 heterocycles. The summed E-state index contributed by atoms with van der Waals surface area (Å²) < 4.78 is 70.6. The van der Waals surface area contributed by atoms with E-state index in [1.54, 1.807) is 36.4 Å². The van der Waals surface area contributed by atoms with E-state index in [0.29, 0.717) is 49.3 Å². The Morgan fingerprint density at radius 1 is 0.559 bits per heavy atom. The van der Waals surface area contributed by atoms with Crippen molar-refractivity contribution in [3.8, 4) is 45.6 Å². The average molecular weight is 940 g/mol. The molecule has 27 heteroatoms. The maximum Gasteiger partial charge on any atom is 1.00 e. The molecule has 4 N–H and O–H groups in total.